The maximum Gasteiger partial charge on any atom is 0.227 e. The van der Waals surface area contributed by atoms with E-state index < -0.39 is 0 Å². The van der Waals surface area contributed by atoms with Crippen molar-refractivity contribution in [3.8, 4) is 6.07 Å². The summed E-state index contributed by atoms with van der Waals surface area (Å²) in [6.07, 6.45) is 5.61. The van der Waals surface area contributed by atoms with Gasteiger partial charge in [0.15, 0.2) is 0 Å². The summed E-state index contributed by atoms with van der Waals surface area (Å²) in [7, 11) is 0. The third-order valence-electron chi connectivity index (χ3n) is 4.91. The molecule has 1 aliphatic carbocycles. The van der Waals surface area contributed by atoms with Crippen LogP contribution in [0.5, 0.6) is 0 Å². The van der Waals surface area contributed by atoms with Crippen molar-refractivity contribution < 1.29 is 4.79 Å². The lowest BCUT2D eigenvalue weighted by Crippen LogP contribution is -2.24. The Kier molecular flexibility index (Phi) is 6.40. The zero-order chi connectivity index (χ0) is 18.2. The average molecular weight is 347 g/mol. The summed E-state index contributed by atoms with van der Waals surface area (Å²) < 4.78 is 0. The zero-order valence-electron chi connectivity index (χ0n) is 15.0. The molecule has 0 heterocycles. The van der Waals surface area contributed by atoms with Crippen LogP contribution in [0.4, 0.5) is 5.69 Å². The van der Waals surface area contributed by atoms with Crippen molar-refractivity contribution in [1.29, 1.82) is 5.26 Å². The highest BCUT2D eigenvalue weighted by Gasteiger charge is 2.20. The van der Waals surface area contributed by atoms with Gasteiger partial charge in [0.25, 0.3) is 0 Å². The van der Waals surface area contributed by atoms with Crippen molar-refractivity contribution in [2.45, 2.75) is 45.2 Å². The van der Waals surface area contributed by atoms with Gasteiger partial charge in [0.2, 0.25) is 5.91 Å². The summed E-state index contributed by atoms with van der Waals surface area (Å²) in [5, 5.41) is 15.3. The molecule has 4 heteroatoms. The second kappa shape index (κ2) is 9.17. The van der Waals surface area contributed by atoms with Gasteiger partial charge in [-0.2, -0.15) is 5.26 Å². The normalized spacial score (nSPS) is 14.6. The van der Waals surface area contributed by atoms with E-state index in [1.165, 1.54) is 6.42 Å². The van der Waals surface area contributed by atoms with Gasteiger partial charge < -0.3 is 10.6 Å². The number of carbonyl (C=O) groups is 1. The summed E-state index contributed by atoms with van der Waals surface area (Å²) >= 11 is 0. The number of hydrogen-bond acceptors (Lipinski definition) is 3. The van der Waals surface area contributed by atoms with Crippen LogP contribution in [0.25, 0.3) is 0 Å². The van der Waals surface area contributed by atoms with Crippen molar-refractivity contribution in [1.82, 2.24) is 5.32 Å². The Morgan fingerprint density at radius 2 is 1.73 bits per heavy atom. The molecule has 134 valence electrons. The molecule has 0 unspecified atom stereocenters. The molecular weight excluding hydrogens is 322 g/mol. The number of carbonyl (C=O) groups excluding carboxylic acids is 1. The Balaban J connectivity index is 1.50. The van der Waals surface area contributed by atoms with E-state index in [4.69, 9.17) is 5.26 Å². The van der Waals surface area contributed by atoms with E-state index in [1.54, 1.807) is 0 Å². The third-order valence-corrected chi connectivity index (χ3v) is 4.91. The molecule has 0 aromatic heterocycles. The maximum absolute atomic E-state index is 12.4. The van der Waals surface area contributed by atoms with Gasteiger partial charge in [-0.15, -0.1) is 0 Å². The van der Waals surface area contributed by atoms with Crippen LogP contribution in [0.2, 0.25) is 0 Å². The van der Waals surface area contributed by atoms with Crippen LogP contribution in [0.1, 0.15) is 48.8 Å². The minimum Gasteiger partial charge on any atom is -0.326 e. The first-order valence-corrected chi connectivity index (χ1v) is 9.34. The first-order valence-electron chi connectivity index (χ1n) is 9.34. The molecule has 0 bridgehead atoms. The average Bonchev–Trinajstić information content (AvgIpc) is 2.69. The fourth-order valence-corrected chi connectivity index (χ4v) is 3.42. The largest absolute Gasteiger partial charge is 0.326 e. The number of nitriles is 1. The number of anilines is 1. The topological polar surface area (TPSA) is 64.9 Å². The Bertz CT molecular complexity index is 771. The second-order valence-electron chi connectivity index (χ2n) is 6.94. The molecule has 1 fully saturated rings. The molecule has 1 amide bonds. The van der Waals surface area contributed by atoms with Crippen molar-refractivity contribution in [2.75, 3.05) is 5.32 Å². The maximum atomic E-state index is 12.4. The van der Waals surface area contributed by atoms with Gasteiger partial charge in [0.1, 0.15) is 0 Å². The molecule has 0 radical (unpaired) electrons. The van der Waals surface area contributed by atoms with Gasteiger partial charge in [-0.25, -0.2) is 0 Å². The number of rotatable bonds is 6. The number of amides is 1. The Morgan fingerprint density at radius 1 is 1.00 bits per heavy atom. The molecule has 4 nitrogen and oxygen atoms in total. The summed E-state index contributed by atoms with van der Waals surface area (Å²) in [5.41, 5.74) is 3.83. The number of benzene rings is 2. The lowest BCUT2D eigenvalue weighted by Gasteiger charge is -2.20. The van der Waals surface area contributed by atoms with Gasteiger partial charge in [-0.05, 0) is 48.2 Å². The van der Waals surface area contributed by atoms with Crippen LogP contribution in [-0.2, 0) is 17.9 Å². The van der Waals surface area contributed by atoms with Gasteiger partial charge in [0.05, 0.1) is 11.6 Å². The molecular formula is C22H25N3O. The van der Waals surface area contributed by atoms with Gasteiger partial charge >= 0.3 is 0 Å². The molecule has 0 atom stereocenters. The predicted octanol–water partition coefficient (Wildman–Crippen LogP) is 4.37. The van der Waals surface area contributed by atoms with E-state index in [1.807, 2.05) is 42.5 Å². The first-order chi connectivity index (χ1) is 12.7. The van der Waals surface area contributed by atoms with Crippen LogP contribution in [0.3, 0.4) is 0 Å². The van der Waals surface area contributed by atoms with E-state index >= 15 is 0 Å². The number of nitrogens with one attached hydrogen (secondary N) is 2. The molecule has 0 spiro atoms. The zero-order valence-corrected chi connectivity index (χ0v) is 15.0. The fourth-order valence-electron chi connectivity index (χ4n) is 3.42. The molecule has 0 aliphatic heterocycles. The highest BCUT2D eigenvalue weighted by Crippen LogP contribution is 2.25. The van der Waals surface area contributed by atoms with Crippen LogP contribution < -0.4 is 10.6 Å². The van der Waals surface area contributed by atoms with Gasteiger partial charge in [0, 0.05) is 24.7 Å². The standard InChI is InChI=1S/C22H25N3O/c23-14-17-9-11-18(12-10-17)15-24-16-19-5-4-8-21(13-19)25-22(26)20-6-2-1-3-7-20/h4-5,8-13,20,24H,1-3,6-7,15-16H2,(H,25,26). The molecule has 1 aliphatic rings. The molecule has 2 aromatic carbocycles. The number of nitrogens with zero attached hydrogens (tertiary/aromatic N) is 1. The Morgan fingerprint density at radius 3 is 2.46 bits per heavy atom. The predicted molar refractivity (Wildman–Crippen MR) is 103 cm³/mol. The van der Waals surface area contributed by atoms with Crippen LogP contribution >= 0.6 is 0 Å². The highest BCUT2D eigenvalue weighted by molar-refractivity contribution is 5.92. The highest BCUT2D eigenvalue weighted by atomic mass is 16.1. The number of hydrogen-bond donors (Lipinski definition) is 2. The van der Waals surface area contributed by atoms with Crippen molar-refractivity contribution in [3.63, 3.8) is 0 Å². The molecule has 3 rings (SSSR count). The lowest BCUT2D eigenvalue weighted by molar-refractivity contribution is -0.120. The third kappa shape index (κ3) is 5.18. The minimum absolute atomic E-state index is 0.160. The van der Waals surface area contributed by atoms with E-state index in [9.17, 15) is 4.79 Å². The quantitative estimate of drug-likeness (QED) is 0.815. The molecule has 1 saturated carbocycles. The molecule has 0 saturated heterocycles. The van der Waals surface area contributed by atoms with E-state index in [-0.39, 0.29) is 11.8 Å². The SMILES string of the molecule is N#Cc1ccc(CNCc2cccc(NC(=O)C3CCCCC3)c2)cc1. The van der Waals surface area contributed by atoms with Crippen LogP contribution in [0.15, 0.2) is 48.5 Å². The smallest absolute Gasteiger partial charge is 0.227 e. The van der Waals surface area contributed by atoms with E-state index in [0.29, 0.717) is 5.56 Å². The van der Waals surface area contributed by atoms with E-state index in [2.05, 4.69) is 22.8 Å². The molecule has 26 heavy (non-hydrogen) atoms. The summed E-state index contributed by atoms with van der Waals surface area (Å²) in [4.78, 5) is 12.4. The van der Waals surface area contributed by atoms with Crippen molar-refractivity contribution in [3.05, 3.63) is 65.2 Å². The van der Waals surface area contributed by atoms with Gasteiger partial charge in [-0.3, -0.25) is 4.79 Å². The Hall–Kier alpha value is -2.64. The summed E-state index contributed by atoms with van der Waals surface area (Å²) in [6.45, 7) is 1.47. The van der Waals surface area contributed by atoms with Crippen LogP contribution in [0, 0.1) is 17.2 Å². The fraction of sp³-hybridized carbons (Fsp3) is 0.364. The van der Waals surface area contributed by atoms with Crippen molar-refractivity contribution >= 4 is 11.6 Å². The van der Waals surface area contributed by atoms with E-state index in [0.717, 1.165) is 55.6 Å². The lowest BCUT2D eigenvalue weighted by atomic mass is 9.88. The van der Waals surface area contributed by atoms with Gasteiger partial charge in [-0.1, -0.05) is 43.5 Å². The van der Waals surface area contributed by atoms with Crippen molar-refractivity contribution in [2.24, 2.45) is 5.92 Å². The van der Waals surface area contributed by atoms with Crippen LogP contribution in [-0.4, -0.2) is 5.91 Å². The second-order valence-corrected chi connectivity index (χ2v) is 6.94. The molecule has 2 N–H and O–H groups in total. The summed E-state index contributed by atoms with van der Waals surface area (Å²) in [5.74, 6) is 0.328. The Labute approximate surface area is 155 Å². The monoisotopic (exact) mass is 347 g/mol. The first kappa shape index (κ1) is 18.2. The summed E-state index contributed by atoms with van der Waals surface area (Å²) in [6, 6.07) is 17.7. The minimum atomic E-state index is 0.160. The molecule has 2 aromatic rings.